The molecule has 5 nitrogen and oxygen atoms in total. The smallest absolute Gasteiger partial charge is 0.307 e. The maximum atomic E-state index is 9.91. The second kappa shape index (κ2) is 2.87. The standard InChI is InChI=1S/C4H5ClN2O3/c1-7-3-2-6-4(7)10-5(8)9/h2-3H,1H3. The lowest BCUT2D eigenvalue weighted by Crippen LogP contribution is -2.37. The second-order valence-corrected chi connectivity index (χ2v) is 2.12. The summed E-state index contributed by atoms with van der Waals surface area (Å²) in [6, 6.07) is 0.0468. The van der Waals surface area contributed by atoms with Gasteiger partial charge in [-0.3, -0.25) is 4.57 Å². The second-order valence-electron chi connectivity index (χ2n) is 1.59. The average Bonchev–Trinajstić information content (AvgIpc) is 2.15. The zero-order valence-corrected chi connectivity index (χ0v) is 5.91. The lowest BCUT2D eigenvalue weighted by atomic mass is 10.9. The molecule has 0 aromatic carbocycles. The van der Waals surface area contributed by atoms with Gasteiger partial charge in [-0.1, -0.05) is 4.29 Å². The summed E-state index contributed by atoms with van der Waals surface area (Å²) in [5.41, 5.74) is 0. The van der Waals surface area contributed by atoms with Crippen LogP contribution < -0.4 is 13.6 Å². The van der Waals surface area contributed by atoms with E-state index < -0.39 is 10.8 Å². The van der Waals surface area contributed by atoms with Gasteiger partial charge in [-0.25, -0.2) is 0 Å². The number of nitrogens with zero attached hydrogens (tertiary/aromatic N) is 2. The third kappa shape index (κ3) is 1.60. The fourth-order valence-corrected chi connectivity index (χ4v) is 0.744. The minimum atomic E-state index is -2.23. The van der Waals surface area contributed by atoms with Crippen molar-refractivity contribution in [2.75, 3.05) is 0 Å². The zero-order valence-electron chi connectivity index (χ0n) is 5.15. The fourth-order valence-electron chi connectivity index (χ4n) is 0.483. The van der Waals surface area contributed by atoms with Gasteiger partial charge in [-0.05, 0) is 0 Å². The topological polar surface area (TPSA) is 73.2 Å². The van der Waals surface area contributed by atoms with Crippen molar-refractivity contribution in [1.29, 1.82) is 0 Å². The minimum absolute atomic E-state index is 0.0468. The summed E-state index contributed by atoms with van der Waals surface area (Å²) in [4.78, 5) is 3.59. The summed E-state index contributed by atoms with van der Waals surface area (Å²) in [6.45, 7) is 0. The van der Waals surface area contributed by atoms with Gasteiger partial charge in [0.2, 0.25) is 0 Å². The number of hydrogen-bond acceptors (Lipinski definition) is 4. The maximum absolute atomic E-state index is 9.91. The molecule has 0 spiro atoms. The largest absolute Gasteiger partial charge is 0.416 e. The van der Waals surface area contributed by atoms with Crippen LogP contribution in [0.25, 0.3) is 0 Å². The Morgan fingerprint density at radius 3 is 2.80 bits per heavy atom. The Morgan fingerprint density at radius 1 is 1.70 bits per heavy atom. The van der Waals surface area contributed by atoms with Crippen LogP contribution in [0.5, 0.6) is 6.01 Å². The molecule has 1 rings (SSSR count). The van der Waals surface area contributed by atoms with E-state index in [4.69, 9.17) is 0 Å². The third-order valence-corrected chi connectivity index (χ3v) is 1.17. The first kappa shape index (κ1) is 7.33. The Hall–Kier alpha value is -0.780. The number of aromatic nitrogens is 2. The number of rotatable bonds is 2. The number of halogens is 1. The Kier molecular flexibility index (Phi) is 2.10. The molecule has 56 valence electrons. The summed E-state index contributed by atoms with van der Waals surface area (Å²) in [5, 5.41) is 0. The van der Waals surface area contributed by atoms with Crippen LogP contribution in [0.4, 0.5) is 0 Å². The molecule has 0 saturated heterocycles. The van der Waals surface area contributed by atoms with Gasteiger partial charge < -0.3 is 9.32 Å². The van der Waals surface area contributed by atoms with E-state index in [9.17, 15) is 9.32 Å². The summed E-state index contributed by atoms with van der Waals surface area (Å²) >= 11 is 0. The van der Waals surface area contributed by atoms with E-state index in [1.807, 2.05) is 0 Å². The molecule has 0 saturated carbocycles. The SMILES string of the molecule is Cn1ccnc1O[Cl+2]([O-])[O-]. The molecular formula is C4H5ClN2O3. The zero-order chi connectivity index (χ0) is 7.56. The van der Waals surface area contributed by atoms with Crippen molar-refractivity contribution in [2.24, 2.45) is 7.05 Å². The molecular weight excluding hydrogens is 160 g/mol. The Bertz CT molecular complexity index is 212. The third-order valence-electron chi connectivity index (χ3n) is 0.909. The van der Waals surface area contributed by atoms with E-state index >= 15 is 0 Å². The average molecular weight is 165 g/mol. The van der Waals surface area contributed by atoms with Gasteiger partial charge in [0, 0.05) is 19.4 Å². The molecule has 0 unspecified atom stereocenters. The molecule has 0 fully saturated rings. The molecule has 0 N–H and O–H groups in total. The van der Waals surface area contributed by atoms with Crippen molar-refractivity contribution in [2.45, 2.75) is 0 Å². The molecule has 0 radical (unpaired) electrons. The van der Waals surface area contributed by atoms with Crippen LogP contribution in [-0.4, -0.2) is 9.55 Å². The lowest BCUT2D eigenvalue weighted by Gasteiger charge is -1.93. The predicted octanol–water partition coefficient (Wildman–Crippen LogP) is -2.11. The molecule has 0 amide bonds. The molecule has 1 aromatic heterocycles. The van der Waals surface area contributed by atoms with Gasteiger partial charge in [0.15, 0.2) is 0 Å². The van der Waals surface area contributed by atoms with Gasteiger partial charge in [0.1, 0.15) is 0 Å². The van der Waals surface area contributed by atoms with Crippen LogP contribution in [0.15, 0.2) is 12.4 Å². The van der Waals surface area contributed by atoms with Crippen LogP contribution in [-0.2, 0) is 7.05 Å². The molecule has 0 aliphatic rings. The van der Waals surface area contributed by atoms with Crippen LogP contribution in [0.2, 0.25) is 0 Å². The van der Waals surface area contributed by atoms with E-state index in [0.717, 1.165) is 0 Å². The van der Waals surface area contributed by atoms with Gasteiger partial charge in [-0.2, -0.15) is 4.98 Å². The normalized spacial score (nSPS) is 10.4. The molecule has 0 atom stereocenters. The van der Waals surface area contributed by atoms with E-state index in [2.05, 4.69) is 9.27 Å². The van der Waals surface area contributed by atoms with Crippen molar-refractivity contribution >= 4 is 0 Å². The van der Waals surface area contributed by atoms with Gasteiger partial charge >= 0.3 is 16.8 Å². The summed E-state index contributed by atoms with van der Waals surface area (Å²) in [7, 11) is -0.598. The highest BCUT2D eigenvalue weighted by Crippen LogP contribution is 2.03. The van der Waals surface area contributed by atoms with Crippen molar-refractivity contribution in [3.63, 3.8) is 0 Å². The first-order chi connectivity index (χ1) is 4.70. The molecule has 1 aromatic rings. The van der Waals surface area contributed by atoms with Crippen LogP contribution in [0.1, 0.15) is 0 Å². The van der Waals surface area contributed by atoms with E-state index in [1.165, 1.54) is 10.8 Å². The Labute approximate surface area is 60.3 Å². The molecule has 1 heterocycles. The van der Waals surface area contributed by atoms with Gasteiger partial charge in [0.05, 0.1) is 0 Å². The molecule has 0 aliphatic heterocycles. The first-order valence-electron chi connectivity index (χ1n) is 2.41. The highest BCUT2D eigenvalue weighted by atomic mass is 35.6. The van der Waals surface area contributed by atoms with Crippen molar-refractivity contribution in [1.82, 2.24) is 9.55 Å². The van der Waals surface area contributed by atoms with Gasteiger partial charge in [0.25, 0.3) is 0 Å². The molecule has 10 heavy (non-hydrogen) atoms. The van der Waals surface area contributed by atoms with Crippen molar-refractivity contribution in [3.8, 4) is 6.01 Å². The highest BCUT2D eigenvalue weighted by molar-refractivity contribution is 4.94. The van der Waals surface area contributed by atoms with E-state index in [1.54, 1.807) is 13.2 Å². The highest BCUT2D eigenvalue weighted by Gasteiger charge is 2.13. The first-order valence-corrected chi connectivity index (χ1v) is 3.34. The molecule has 6 heteroatoms. The number of hydrogen-bond donors (Lipinski definition) is 0. The molecule has 0 aliphatic carbocycles. The van der Waals surface area contributed by atoms with Crippen LogP contribution in [0.3, 0.4) is 0 Å². The predicted molar refractivity (Wildman–Crippen MR) is 23.8 cm³/mol. The lowest BCUT2D eigenvalue weighted by molar-refractivity contribution is -1.62. The van der Waals surface area contributed by atoms with E-state index in [0.29, 0.717) is 0 Å². The van der Waals surface area contributed by atoms with E-state index in [-0.39, 0.29) is 6.01 Å². The van der Waals surface area contributed by atoms with Crippen molar-refractivity contribution < 1.29 is 24.4 Å². The number of aryl methyl sites for hydroxylation is 1. The summed E-state index contributed by atoms with van der Waals surface area (Å²) in [5.74, 6) is 0. The van der Waals surface area contributed by atoms with Crippen LogP contribution in [0, 0.1) is 10.8 Å². The monoisotopic (exact) mass is 164 g/mol. The Balaban J connectivity index is 2.65. The summed E-state index contributed by atoms with van der Waals surface area (Å²) < 4.78 is 25.5. The quantitative estimate of drug-likeness (QED) is 0.501. The fraction of sp³-hybridized carbons (Fsp3) is 0.250. The maximum Gasteiger partial charge on any atom is 0.416 e. The Morgan fingerprint density at radius 2 is 2.40 bits per heavy atom. The summed E-state index contributed by atoms with van der Waals surface area (Å²) in [6.07, 6.45) is 3.02. The van der Waals surface area contributed by atoms with Crippen molar-refractivity contribution in [3.05, 3.63) is 12.4 Å². The minimum Gasteiger partial charge on any atom is -0.307 e. The number of imidazole rings is 1. The molecule has 0 bridgehead atoms. The van der Waals surface area contributed by atoms with Crippen LogP contribution >= 0.6 is 0 Å². The van der Waals surface area contributed by atoms with Gasteiger partial charge in [-0.15, -0.1) is 0 Å².